The maximum atomic E-state index is 11.2. The summed E-state index contributed by atoms with van der Waals surface area (Å²) >= 11 is 0. The van der Waals surface area contributed by atoms with Gasteiger partial charge in [-0.15, -0.1) is 0 Å². The largest absolute Gasteiger partial charge is 0.507 e. The molecular formula is C32H22N5O2+. The lowest BCUT2D eigenvalue weighted by atomic mass is 10.0. The topological polar surface area (TPSA) is 76.4 Å². The number of phenols is 1. The number of aromatic nitrogens is 5. The number of benzene rings is 5. The number of phenolic OH excluding ortho intramolecular Hbond substituents is 1. The fourth-order valence-corrected chi connectivity index (χ4v) is 5.44. The smallest absolute Gasteiger partial charge is 0.411 e. The molecular weight excluding hydrogens is 486 g/mol. The monoisotopic (exact) mass is 508 g/mol. The van der Waals surface area contributed by atoms with E-state index in [0.29, 0.717) is 36.1 Å². The SMILES string of the molecule is Oc1cc2ccccc2cc1-c1nc2[n+](c3nnc(Cc4ccccc4)n13)Cc1cc3ccccc3cc1O2. The number of nitrogens with zero attached hydrogens (tertiary/aromatic N) is 5. The van der Waals surface area contributed by atoms with E-state index in [1.54, 1.807) is 6.07 Å². The van der Waals surface area contributed by atoms with E-state index in [2.05, 4.69) is 46.6 Å². The Hall–Kier alpha value is -5.30. The predicted octanol–water partition coefficient (Wildman–Crippen LogP) is 5.84. The molecule has 0 fully saturated rings. The van der Waals surface area contributed by atoms with Gasteiger partial charge in [0.2, 0.25) is 5.82 Å². The van der Waals surface area contributed by atoms with Gasteiger partial charge in [0, 0.05) is 17.1 Å². The highest BCUT2D eigenvalue weighted by atomic mass is 16.5. The van der Waals surface area contributed by atoms with E-state index in [0.717, 1.165) is 44.2 Å². The molecule has 0 radical (unpaired) electrons. The van der Waals surface area contributed by atoms with Crippen molar-refractivity contribution in [1.82, 2.24) is 19.6 Å². The Morgan fingerprint density at radius 1 is 0.769 bits per heavy atom. The van der Waals surface area contributed by atoms with Crippen molar-refractivity contribution >= 4 is 27.3 Å². The molecule has 0 saturated heterocycles. The minimum absolute atomic E-state index is 0.133. The van der Waals surface area contributed by atoms with Crippen molar-refractivity contribution in [3.63, 3.8) is 0 Å². The van der Waals surface area contributed by atoms with Crippen LogP contribution in [0.15, 0.2) is 103 Å². The molecule has 1 N–H and O–H groups in total. The molecule has 5 aromatic carbocycles. The first kappa shape index (κ1) is 21.8. The van der Waals surface area contributed by atoms with Gasteiger partial charge in [0.05, 0.1) is 12.1 Å². The van der Waals surface area contributed by atoms with Gasteiger partial charge in [-0.25, -0.2) is 0 Å². The summed E-state index contributed by atoms with van der Waals surface area (Å²) in [4.78, 5) is 5.00. The van der Waals surface area contributed by atoms with Gasteiger partial charge in [-0.1, -0.05) is 88.9 Å². The molecule has 186 valence electrons. The molecule has 7 heteroatoms. The Bertz CT molecular complexity index is 2070. The summed E-state index contributed by atoms with van der Waals surface area (Å²) in [5.41, 5.74) is 2.74. The molecule has 7 nitrogen and oxygen atoms in total. The van der Waals surface area contributed by atoms with E-state index < -0.39 is 0 Å². The molecule has 0 spiro atoms. The molecule has 0 saturated carbocycles. The zero-order valence-corrected chi connectivity index (χ0v) is 20.8. The standard InChI is InChI=1S/C32H21N5O2/c38-27-17-23-12-6-5-11-22(23)16-26(27)30-33-32-36(19-25-15-21-10-4-7-13-24(21)18-28(25)39-32)31-35-34-29(37(30)31)14-20-8-2-1-3-9-20/h1-13,15-18H,14,19H2/p+1. The lowest BCUT2D eigenvalue weighted by Gasteiger charge is -2.19. The molecule has 0 unspecified atom stereocenters. The van der Waals surface area contributed by atoms with Crippen molar-refractivity contribution in [2.45, 2.75) is 13.0 Å². The third-order valence-electron chi connectivity index (χ3n) is 7.37. The minimum Gasteiger partial charge on any atom is -0.507 e. The molecule has 7 aromatic rings. The third-order valence-corrected chi connectivity index (χ3v) is 7.37. The van der Waals surface area contributed by atoms with Crippen LogP contribution in [-0.2, 0) is 13.0 Å². The van der Waals surface area contributed by atoms with E-state index in [1.165, 1.54) is 0 Å². The van der Waals surface area contributed by atoms with Gasteiger partial charge < -0.3 is 9.84 Å². The summed E-state index contributed by atoms with van der Waals surface area (Å²) < 4.78 is 10.3. The molecule has 1 aliphatic rings. The van der Waals surface area contributed by atoms with Gasteiger partial charge >= 0.3 is 11.8 Å². The second-order valence-corrected chi connectivity index (χ2v) is 9.84. The minimum atomic E-state index is 0.133. The number of fused-ring (bicyclic) bond motifs is 6. The zero-order valence-electron chi connectivity index (χ0n) is 20.8. The first-order valence-corrected chi connectivity index (χ1v) is 12.8. The van der Waals surface area contributed by atoms with E-state index in [-0.39, 0.29) is 5.75 Å². The van der Waals surface area contributed by atoms with Crippen molar-refractivity contribution in [2.24, 2.45) is 0 Å². The van der Waals surface area contributed by atoms with Crippen LogP contribution < -0.4 is 9.30 Å². The summed E-state index contributed by atoms with van der Waals surface area (Å²) in [7, 11) is 0. The van der Waals surface area contributed by atoms with Gasteiger partial charge in [0.1, 0.15) is 11.5 Å². The lowest BCUT2D eigenvalue weighted by Crippen LogP contribution is -2.42. The summed E-state index contributed by atoms with van der Waals surface area (Å²) in [6, 6.07) is 34.7. The zero-order chi connectivity index (χ0) is 25.9. The van der Waals surface area contributed by atoms with E-state index in [9.17, 15) is 5.11 Å². The fraction of sp³-hybridized carbons (Fsp3) is 0.0625. The Morgan fingerprint density at radius 2 is 1.44 bits per heavy atom. The van der Waals surface area contributed by atoms with Gasteiger partial charge in [-0.3, -0.25) is 0 Å². The Labute approximate surface area is 223 Å². The van der Waals surface area contributed by atoms with Crippen LogP contribution in [0.3, 0.4) is 0 Å². The molecule has 1 aliphatic heterocycles. The third kappa shape index (κ3) is 3.51. The molecule has 2 aromatic heterocycles. The number of aromatic hydroxyl groups is 1. The first-order chi connectivity index (χ1) is 19.2. The van der Waals surface area contributed by atoms with Crippen molar-refractivity contribution < 1.29 is 14.4 Å². The lowest BCUT2D eigenvalue weighted by molar-refractivity contribution is -0.678. The average Bonchev–Trinajstić information content (AvgIpc) is 3.38. The van der Waals surface area contributed by atoms with Crippen LogP contribution in [0, 0.1) is 0 Å². The molecule has 3 heterocycles. The van der Waals surface area contributed by atoms with Crippen molar-refractivity contribution in [1.29, 1.82) is 0 Å². The van der Waals surface area contributed by atoms with Crippen molar-refractivity contribution in [3.8, 4) is 28.9 Å². The fourth-order valence-electron chi connectivity index (χ4n) is 5.44. The number of rotatable bonds is 3. The van der Waals surface area contributed by atoms with E-state index in [4.69, 9.17) is 9.72 Å². The van der Waals surface area contributed by atoms with Crippen LogP contribution >= 0.6 is 0 Å². The number of hydrogen-bond donors (Lipinski definition) is 1. The number of hydrogen-bond acceptors (Lipinski definition) is 5. The summed E-state index contributed by atoms with van der Waals surface area (Å²) in [6.45, 7) is 0.541. The predicted molar refractivity (Wildman–Crippen MR) is 148 cm³/mol. The number of ether oxygens (including phenoxy) is 1. The van der Waals surface area contributed by atoms with Crippen LogP contribution in [0.5, 0.6) is 17.5 Å². The molecule has 0 aliphatic carbocycles. The quantitative estimate of drug-likeness (QED) is 0.304. The van der Waals surface area contributed by atoms with Crippen LogP contribution in [-0.4, -0.2) is 24.7 Å². The maximum Gasteiger partial charge on any atom is 0.411 e. The molecule has 0 amide bonds. The van der Waals surface area contributed by atoms with Crippen LogP contribution in [0.4, 0.5) is 0 Å². The normalized spacial score (nSPS) is 12.4. The van der Waals surface area contributed by atoms with Crippen molar-refractivity contribution in [2.75, 3.05) is 0 Å². The van der Waals surface area contributed by atoms with Gasteiger partial charge in [0.25, 0.3) is 5.82 Å². The Balaban J connectivity index is 1.37. The molecule has 0 atom stereocenters. The van der Waals surface area contributed by atoms with E-state index >= 15 is 0 Å². The summed E-state index contributed by atoms with van der Waals surface area (Å²) in [5, 5.41) is 24.6. The Kier molecular flexibility index (Phi) is 4.66. The van der Waals surface area contributed by atoms with Crippen molar-refractivity contribution in [3.05, 3.63) is 120 Å². The first-order valence-electron chi connectivity index (χ1n) is 12.8. The van der Waals surface area contributed by atoms with Crippen LogP contribution in [0.25, 0.3) is 38.7 Å². The van der Waals surface area contributed by atoms with E-state index in [1.807, 2.05) is 69.6 Å². The molecule has 39 heavy (non-hydrogen) atoms. The maximum absolute atomic E-state index is 11.2. The highest BCUT2D eigenvalue weighted by Crippen LogP contribution is 2.36. The van der Waals surface area contributed by atoms with Crippen LogP contribution in [0.2, 0.25) is 0 Å². The highest BCUT2D eigenvalue weighted by molar-refractivity contribution is 5.89. The Morgan fingerprint density at radius 3 is 2.21 bits per heavy atom. The van der Waals surface area contributed by atoms with Gasteiger partial charge in [0.15, 0.2) is 0 Å². The summed E-state index contributed by atoms with van der Waals surface area (Å²) in [5.74, 6) is 2.76. The van der Waals surface area contributed by atoms with Crippen LogP contribution in [0.1, 0.15) is 17.0 Å². The summed E-state index contributed by atoms with van der Waals surface area (Å²) in [6.07, 6.45) is 0.562. The molecule has 0 bridgehead atoms. The van der Waals surface area contributed by atoms with Gasteiger partial charge in [-0.05, 0) is 51.4 Å². The van der Waals surface area contributed by atoms with Gasteiger partial charge in [-0.2, -0.15) is 8.97 Å². The molecule has 8 rings (SSSR count). The average molecular weight is 509 g/mol. The highest BCUT2D eigenvalue weighted by Gasteiger charge is 2.33. The second kappa shape index (κ2) is 8.36. The second-order valence-electron chi connectivity index (χ2n) is 9.84.